The van der Waals surface area contributed by atoms with E-state index in [1.807, 2.05) is 11.6 Å². The smallest absolute Gasteiger partial charge is 0.251 e. The molecule has 28 heavy (non-hydrogen) atoms. The van der Waals surface area contributed by atoms with E-state index < -0.39 is 0 Å². The van der Waals surface area contributed by atoms with E-state index >= 15 is 0 Å². The Morgan fingerprint density at radius 2 is 1.61 bits per heavy atom. The van der Waals surface area contributed by atoms with E-state index in [9.17, 15) is 4.79 Å². The van der Waals surface area contributed by atoms with Crippen LogP contribution >= 0.6 is 11.3 Å². The summed E-state index contributed by atoms with van der Waals surface area (Å²) < 4.78 is 0. The first-order valence-electron chi connectivity index (χ1n) is 10.2. The fourth-order valence-electron chi connectivity index (χ4n) is 3.48. The Bertz CT molecular complexity index is 775. The van der Waals surface area contributed by atoms with Crippen LogP contribution in [0.4, 0.5) is 5.13 Å². The van der Waals surface area contributed by atoms with Crippen LogP contribution in [0.3, 0.4) is 0 Å². The summed E-state index contributed by atoms with van der Waals surface area (Å²) in [6, 6.07) is 6.61. The number of nitrogens with zero attached hydrogens (tertiary/aromatic N) is 2. The number of benzene rings is 1. The summed E-state index contributed by atoms with van der Waals surface area (Å²) >= 11 is 1.68. The van der Waals surface area contributed by atoms with E-state index in [2.05, 4.69) is 74.9 Å². The lowest BCUT2D eigenvalue weighted by Gasteiger charge is -2.32. The molecule has 0 atom stereocenters. The zero-order valence-corrected chi connectivity index (χ0v) is 18.8. The quantitative estimate of drug-likeness (QED) is 0.777. The predicted molar refractivity (Wildman–Crippen MR) is 119 cm³/mol. The van der Waals surface area contributed by atoms with Gasteiger partial charge in [0.1, 0.15) is 0 Å². The zero-order chi connectivity index (χ0) is 20.5. The van der Waals surface area contributed by atoms with Crippen molar-refractivity contribution < 1.29 is 4.79 Å². The molecule has 0 bridgehead atoms. The number of carbonyl (C=O) groups excluding carboxylic acids is 1. The molecule has 0 unspecified atom stereocenters. The molecule has 152 valence electrons. The van der Waals surface area contributed by atoms with Gasteiger partial charge >= 0.3 is 0 Å². The Kier molecular flexibility index (Phi) is 5.85. The summed E-state index contributed by atoms with van der Waals surface area (Å²) in [5.74, 6) is 0.0456. The second kappa shape index (κ2) is 7.86. The standard InChI is InChI=1S/C23H33N3OS/c1-22(2,3)17-13-16(14-18(15-17)23(4,5)6)20(27)25-19-7-10-26(11-8-19)21-24-9-12-28-21/h9,12-15,19H,7-8,10-11H2,1-6H3,(H,25,27). The molecule has 0 spiro atoms. The topological polar surface area (TPSA) is 45.2 Å². The summed E-state index contributed by atoms with van der Waals surface area (Å²) in [7, 11) is 0. The van der Waals surface area contributed by atoms with Crippen molar-refractivity contribution in [2.45, 2.75) is 71.3 Å². The highest BCUT2D eigenvalue weighted by Crippen LogP contribution is 2.30. The number of nitrogens with one attached hydrogen (secondary N) is 1. The molecule has 0 aliphatic carbocycles. The van der Waals surface area contributed by atoms with Gasteiger partial charge in [0.15, 0.2) is 5.13 Å². The number of hydrogen-bond acceptors (Lipinski definition) is 4. The van der Waals surface area contributed by atoms with Crippen molar-refractivity contribution in [2.75, 3.05) is 18.0 Å². The molecule has 2 aromatic rings. The van der Waals surface area contributed by atoms with Crippen LogP contribution < -0.4 is 10.2 Å². The monoisotopic (exact) mass is 399 g/mol. The number of thiazole rings is 1. The van der Waals surface area contributed by atoms with Gasteiger partial charge in [0.2, 0.25) is 0 Å². The molecule has 1 N–H and O–H groups in total. The molecule has 1 aromatic heterocycles. The third kappa shape index (κ3) is 4.93. The first-order valence-corrected chi connectivity index (χ1v) is 11.0. The highest BCUT2D eigenvalue weighted by atomic mass is 32.1. The molecule has 4 nitrogen and oxygen atoms in total. The normalized spacial score (nSPS) is 16.3. The van der Waals surface area contributed by atoms with E-state index in [0.29, 0.717) is 0 Å². The SMILES string of the molecule is CC(C)(C)c1cc(C(=O)NC2CCN(c3nccs3)CC2)cc(C(C)(C)C)c1. The van der Waals surface area contributed by atoms with E-state index in [0.717, 1.165) is 36.6 Å². The van der Waals surface area contributed by atoms with E-state index in [4.69, 9.17) is 0 Å². The first-order chi connectivity index (χ1) is 13.0. The molecule has 1 aromatic carbocycles. The Balaban J connectivity index is 1.72. The van der Waals surface area contributed by atoms with E-state index in [1.165, 1.54) is 11.1 Å². The van der Waals surface area contributed by atoms with Gasteiger partial charge in [0.05, 0.1) is 0 Å². The minimum absolute atomic E-state index is 0.00926. The van der Waals surface area contributed by atoms with Gasteiger partial charge < -0.3 is 10.2 Å². The Morgan fingerprint density at radius 3 is 2.07 bits per heavy atom. The molecule has 1 aliphatic heterocycles. The molecular formula is C23H33N3OS. The van der Waals surface area contributed by atoms with Gasteiger partial charge in [-0.2, -0.15) is 0 Å². The summed E-state index contributed by atoms with van der Waals surface area (Å²) in [4.78, 5) is 19.8. The van der Waals surface area contributed by atoms with Crippen LogP contribution in [0.25, 0.3) is 0 Å². The fourth-order valence-corrected chi connectivity index (χ4v) is 4.18. The Morgan fingerprint density at radius 1 is 1.04 bits per heavy atom. The number of amides is 1. The number of hydrogen-bond donors (Lipinski definition) is 1. The van der Waals surface area contributed by atoms with Crippen molar-refractivity contribution in [2.24, 2.45) is 0 Å². The zero-order valence-electron chi connectivity index (χ0n) is 18.0. The highest BCUT2D eigenvalue weighted by molar-refractivity contribution is 7.13. The molecule has 2 heterocycles. The highest BCUT2D eigenvalue weighted by Gasteiger charge is 2.25. The van der Waals surface area contributed by atoms with Crippen molar-refractivity contribution in [1.29, 1.82) is 0 Å². The average Bonchev–Trinajstić information content (AvgIpc) is 3.15. The predicted octanol–water partition coefficient (Wildman–Crippen LogP) is 5.14. The Hall–Kier alpha value is -1.88. The maximum absolute atomic E-state index is 13.0. The van der Waals surface area contributed by atoms with Crippen LogP contribution in [-0.4, -0.2) is 30.0 Å². The van der Waals surface area contributed by atoms with Crippen LogP contribution in [0.15, 0.2) is 29.8 Å². The second-order valence-electron chi connectivity index (χ2n) is 9.85. The number of anilines is 1. The van der Waals surface area contributed by atoms with Gasteiger partial charge in [-0.15, -0.1) is 11.3 Å². The van der Waals surface area contributed by atoms with Crippen molar-refractivity contribution >= 4 is 22.4 Å². The summed E-state index contributed by atoms with van der Waals surface area (Å²) in [6.07, 6.45) is 3.76. The van der Waals surface area contributed by atoms with Crippen LogP contribution in [0.1, 0.15) is 75.9 Å². The fraction of sp³-hybridized carbons (Fsp3) is 0.565. The van der Waals surface area contributed by atoms with Crippen LogP contribution in [-0.2, 0) is 10.8 Å². The van der Waals surface area contributed by atoms with Gasteiger partial charge in [-0.3, -0.25) is 4.79 Å². The summed E-state index contributed by atoms with van der Waals surface area (Å²) in [5, 5.41) is 6.37. The van der Waals surface area contributed by atoms with E-state index in [-0.39, 0.29) is 22.8 Å². The second-order valence-corrected chi connectivity index (χ2v) is 10.7. The first kappa shape index (κ1) is 20.8. The van der Waals surface area contributed by atoms with Crippen LogP contribution in [0.2, 0.25) is 0 Å². The molecule has 1 fully saturated rings. The van der Waals surface area contributed by atoms with Crippen molar-refractivity contribution in [3.8, 4) is 0 Å². The van der Waals surface area contributed by atoms with Gasteiger partial charge in [0.25, 0.3) is 5.91 Å². The molecule has 3 rings (SSSR count). The molecule has 1 aliphatic rings. The Labute approximate surface area is 173 Å². The van der Waals surface area contributed by atoms with Crippen LogP contribution in [0.5, 0.6) is 0 Å². The molecular weight excluding hydrogens is 366 g/mol. The number of piperidine rings is 1. The lowest BCUT2D eigenvalue weighted by Crippen LogP contribution is -2.44. The number of rotatable bonds is 3. The average molecular weight is 400 g/mol. The summed E-state index contributed by atoms with van der Waals surface area (Å²) in [5.41, 5.74) is 3.22. The van der Waals surface area contributed by atoms with Crippen LogP contribution in [0, 0.1) is 0 Å². The molecule has 0 saturated carbocycles. The van der Waals surface area contributed by atoms with Crippen molar-refractivity contribution in [3.63, 3.8) is 0 Å². The molecule has 5 heteroatoms. The lowest BCUT2D eigenvalue weighted by atomic mass is 9.79. The largest absolute Gasteiger partial charge is 0.349 e. The third-order valence-electron chi connectivity index (χ3n) is 5.45. The number of carbonyl (C=O) groups is 1. The van der Waals surface area contributed by atoms with Gasteiger partial charge in [0, 0.05) is 36.3 Å². The minimum Gasteiger partial charge on any atom is -0.349 e. The number of aromatic nitrogens is 1. The van der Waals surface area contributed by atoms with E-state index in [1.54, 1.807) is 11.3 Å². The van der Waals surface area contributed by atoms with Gasteiger partial charge in [-0.25, -0.2) is 4.98 Å². The third-order valence-corrected chi connectivity index (χ3v) is 6.28. The maximum Gasteiger partial charge on any atom is 0.251 e. The van der Waals surface area contributed by atoms with Gasteiger partial charge in [-0.1, -0.05) is 47.6 Å². The maximum atomic E-state index is 13.0. The molecule has 1 saturated heterocycles. The van der Waals surface area contributed by atoms with Crippen molar-refractivity contribution in [3.05, 3.63) is 46.5 Å². The minimum atomic E-state index is 0.00926. The van der Waals surface area contributed by atoms with Crippen molar-refractivity contribution in [1.82, 2.24) is 10.3 Å². The van der Waals surface area contributed by atoms with Gasteiger partial charge in [-0.05, 0) is 46.9 Å². The molecule has 1 amide bonds. The summed E-state index contributed by atoms with van der Waals surface area (Å²) in [6.45, 7) is 15.1. The lowest BCUT2D eigenvalue weighted by molar-refractivity contribution is 0.0931. The molecule has 0 radical (unpaired) electrons.